The smallest absolute Gasteiger partial charge is 0.0702 e. The number of ether oxygens (including phenoxy) is 1. The van der Waals surface area contributed by atoms with Crippen molar-refractivity contribution in [1.29, 1.82) is 0 Å². The minimum atomic E-state index is 0.434. The van der Waals surface area contributed by atoms with Gasteiger partial charge in [-0.05, 0) is 32.6 Å². The van der Waals surface area contributed by atoms with Crippen LogP contribution in [-0.2, 0) is 4.74 Å². The molecule has 0 aromatic carbocycles. The van der Waals surface area contributed by atoms with Crippen LogP contribution in [0.1, 0.15) is 51.9 Å². The normalized spacial score (nSPS) is 37.2. The largest absolute Gasteiger partial charge is 0.377 e. The van der Waals surface area contributed by atoms with E-state index in [9.17, 15) is 0 Å². The Kier molecular flexibility index (Phi) is 3.92. The summed E-state index contributed by atoms with van der Waals surface area (Å²) in [7, 11) is 0. The summed E-state index contributed by atoms with van der Waals surface area (Å²) < 4.78 is 5.82. The average molecular weight is 252 g/mol. The Bertz CT molecular complexity index is 270. The summed E-state index contributed by atoms with van der Waals surface area (Å²) in [6.45, 7) is 6.90. The van der Waals surface area contributed by atoms with E-state index in [1.165, 1.54) is 51.5 Å². The Morgan fingerprint density at radius 2 is 2.06 bits per heavy atom. The van der Waals surface area contributed by atoms with Crippen LogP contribution in [0.2, 0.25) is 0 Å². The second kappa shape index (κ2) is 5.48. The van der Waals surface area contributed by atoms with Crippen LogP contribution < -0.4 is 5.32 Å². The summed E-state index contributed by atoms with van der Waals surface area (Å²) >= 11 is 0. The highest BCUT2D eigenvalue weighted by atomic mass is 16.5. The monoisotopic (exact) mass is 252 g/mol. The fraction of sp³-hybridized carbons (Fsp3) is 1.00. The first kappa shape index (κ1) is 12.9. The van der Waals surface area contributed by atoms with E-state index >= 15 is 0 Å². The number of nitrogens with zero attached hydrogens (tertiary/aromatic N) is 1. The van der Waals surface area contributed by atoms with Crippen molar-refractivity contribution < 1.29 is 4.74 Å². The summed E-state index contributed by atoms with van der Waals surface area (Å²) in [5.74, 6) is 0. The number of nitrogens with one attached hydrogen (secondary N) is 1. The highest BCUT2D eigenvalue weighted by molar-refractivity contribution is 4.99. The van der Waals surface area contributed by atoms with Crippen molar-refractivity contribution in [2.24, 2.45) is 0 Å². The Morgan fingerprint density at radius 1 is 1.22 bits per heavy atom. The molecule has 3 fully saturated rings. The van der Waals surface area contributed by atoms with Crippen molar-refractivity contribution in [1.82, 2.24) is 10.2 Å². The number of hydrogen-bond acceptors (Lipinski definition) is 3. The molecule has 3 rings (SSSR count). The zero-order valence-corrected chi connectivity index (χ0v) is 11.8. The highest BCUT2D eigenvalue weighted by Crippen LogP contribution is 2.32. The predicted octanol–water partition coefficient (Wildman–Crippen LogP) is 2.16. The molecule has 2 aliphatic heterocycles. The van der Waals surface area contributed by atoms with Gasteiger partial charge in [0, 0.05) is 37.8 Å². The molecule has 3 aliphatic rings. The lowest BCUT2D eigenvalue weighted by Gasteiger charge is -2.49. The Morgan fingerprint density at radius 3 is 2.78 bits per heavy atom. The van der Waals surface area contributed by atoms with Crippen LogP contribution >= 0.6 is 0 Å². The van der Waals surface area contributed by atoms with E-state index in [2.05, 4.69) is 17.1 Å². The summed E-state index contributed by atoms with van der Waals surface area (Å²) in [6, 6.07) is 0.668. The van der Waals surface area contributed by atoms with Crippen LogP contribution in [0.4, 0.5) is 0 Å². The third kappa shape index (κ3) is 2.73. The standard InChI is InChI=1S/C15H28N2O/c1-13-10-16-15(7-3-2-4-8-15)12-17(13)11-14-6-5-9-18-14/h13-14,16H,2-12H2,1H3. The van der Waals surface area contributed by atoms with Gasteiger partial charge in [-0.2, -0.15) is 0 Å². The first-order valence-electron chi connectivity index (χ1n) is 7.88. The fourth-order valence-electron chi connectivity index (χ4n) is 3.95. The second-order valence-corrected chi connectivity index (χ2v) is 6.64. The molecular weight excluding hydrogens is 224 g/mol. The molecule has 2 heterocycles. The molecule has 1 spiro atoms. The zero-order valence-electron chi connectivity index (χ0n) is 11.8. The maximum absolute atomic E-state index is 5.82. The molecule has 0 aromatic rings. The molecule has 3 heteroatoms. The van der Waals surface area contributed by atoms with Gasteiger partial charge in [0.2, 0.25) is 0 Å². The number of piperazine rings is 1. The Labute approximate surface area is 111 Å². The van der Waals surface area contributed by atoms with Gasteiger partial charge in [-0.3, -0.25) is 4.90 Å². The first-order valence-corrected chi connectivity index (χ1v) is 7.88. The van der Waals surface area contributed by atoms with Gasteiger partial charge in [0.05, 0.1) is 6.10 Å². The predicted molar refractivity (Wildman–Crippen MR) is 73.8 cm³/mol. The number of hydrogen-bond donors (Lipinski definition) is 1. The topological polar surface area (TPSA) is 24.5 Å². The van der Waals surface area contributed by atoms with E-state index in [0.717, 1.165) is 19.7 Å². The van der Waals surface area contributed by atoms with E-state index < -0.39 is 0 Å². The second-order valence-electron chi connectivity index (χ2n) is 6.64. The minimum absolute atomic E-state index is 0.434. The molecule has 2 saturated heterocycles. The highest BCUT2D eigenvalue weighted by Gasteiger charge is 2.39. The Hall–Kier alpha value is -0.120. The molecule has 104 valence electrons. The molecule has 1 aliphatic carbocycles. The molecule has 0 aromatic heterocycles. The van der Waals surface area contributed by atoms with Crippen molar-refractivity contribution >= 4 is 0 Å². The van der Waals surface area contributed by atoms with Crippen molar-refractivity contribution in [3.8, 4) is 0 Å². The SMILES string of the molecule is CC1CNC2(CCCCC2)CN1CC1CCCO1. The molecule has 18 heavy (non-hydrogen) atoms. The van der Waals surface area contributed by atoms with Gasteiger partial charge in [0.25, 0.3) is 0 Å². The van der Waals surface area contributed by atoms with Crippen LogP contribution in [0.3, 0.4) is 0 Å². The molecular formula is C15H28N2O. The molecule has 3 nitrogen and oxygen atoms in total. The van der Waals surface area contributed by atoms with E-state index in [1.807, 2.05) is 0 Å². The summed E-state index contributed by atoms with van der Waals surface area (Å²) in [5, 5.41) is 3.86. The van der Waals surface area contributed by atoms with E-state index in [0.29, 0.717) is 17.7 Å². The lowest BCUT2D eigenvalue weighted by atomic mass is 9.79. The van der Waals surface area contributed by atoms with Crippen molar-refractivity contribution in [2.75, 3.05) is 26.2 Å². The van der Waals surface area contributed by atoms with E-state index in [1.54, 1.807) is 0 Å². The Balaban J connectivity index is 1.60. The van der Waals surface area contributed by atoms with Crippen LogP contribution in [0.15, 0.2) is 0 Å². The van der Waals surface area contributed by atoms with E-state index in [4.69, 9.17) is 4.74 Å². The van der Waals surface area contributed by atoms with Gasteiger partial charge < -0.3 is 10.1 Å². The first-order chi connectivity index (χ1) is 8.77. The van der Waals surface area contributed by atoms with Crippen LogP contribution in [0.25, 0.3) is 0 Å². The maximum Gasteiger partial charge on any atom is 0.0702 e. The third-order valence-electron chi connectivity index (χ3n) is 5.17. The molecule has 1 saturated carbocycles. The molecule has 0 amide bonds. The van der Waals surface area contributed by atoms with Gasteiger partial charge in [0.15, 0.2) is 0 Å². The minimum Gasteiger partial charge on any atom is -0.377 e. The van der Waals surface area contributed by atoms with Gasteiger partial charge >= 0.3 is 0 Å². The summed E-state index contributed by atoms with van der Waals surface area (Å²) in [4.78, 5) is 2.69. The van der Waals surface area contributed by atoms with E-state index in [-0.39, 0.29) is 0 Å². The van der Waals surface area contributed by atoms with Gasteiger partial charge in [-0.25, -0.2) is 0 Å². The molecule has 1 N–H and O–H groups in total. The lowest BCUT2D eigenvalue weighted by molar-refractivity contribution is 0.0143. The van der Waals surface area contributed by atoms with Crippen LogP contribution in [0, 0.1) is 0 Å². The van der Waals surface area contributed by atoms with Crippen molar-refractivity contribution in [3.05, 3.63) is 0 Å². The maximum atomic E-state index is 5.82. The summed E-state index contributed by atoms with van der Waals surface area (Å²) in [5.41, 5.74) is 0.434. The van der Waals surface area contributed by atoms with Crippen LogP contribution in [-0.4, -0.2) is 48.8 Å². The third-order valence-corrected chi connectivity index (χ3v) is 5.17. The van der Waals surface area contributed by atoms with Gasteiger partial charge in [-0.15, -0.1) is 0 Å². The fourth-order valence-corrected chi connectivity index (χ4v) is 3.95. The summed E-state index contributed by atoms with van der Waals surface area (Å²) in [6.07, 6.45) is 10.0. The van der Waals surface area contributed by atoms with Gasteiger partial charge in [-0.1, -0.05) is 19.3 Å². The van der Waals surface area contributed by atoms with Gasteiger partial charge in [0.1, 0.15) is 0 Å². The van der Waals surface area contributed by atoms with Crippen molar-refractivity contribution in [2.45, 2.75) is 69.6 Å². The molecule has 0 radical (unpaired) electrons. The average Bonchev–Trinajstić information content (AvgIpc) is 2.88. The zero-order chi connectivity index (χ0) is 12.4. The number of rotatable bonds is 2. The lowest BCUT2D eigenvalue weighted by Crippen LogP contribution is -2.64. The van der Waals surface area contributed by atoms with Crippen molar-refractivity contribution in [3.63, 3.8) is 0 Å². The van der Waals surface area contributed by atoms with Crippen LogP contribution in [0.5, 0.6) is 0 Å². The molecule has 0 bridgehead atoms. The molecule has 2 atom stereocenters. The molecule has 2 unspecified atom stereocenters. The quantitative estimate of drug-likeness (QED) is 0.815.